The van der Waals surface area contributed by atoms with Crippen LogP contribution >= 0.6 is 0 Å². The zero-order valence-corrected chi connectivity index (χ0v) is 21.0. The molecule has 1 aromatic heterocycles. The van der Waals surface area contributed by atoms with Crippen LogP contribution in [0, 0.1) is 6.92 Å². The Kier molecular flexibility index (Phi) is 13.7. The molecule has 1 N–H and O–H groups in total. The van der Waals surface area contributed by atoms with Gasteiger partial charge in [-0.25, -0.2) is 0 Å². The summed E-state index contributed by atoms with van der Waals surface area (Å²) in [4.78, 5) is 32.9. The second-order valence-electron chi connectivity index (χ2n) is 7.68. The van der Waals surface area contributed by atoms with Gasteiger partial charge in [-0.15, -0.1) is 0 Å². The Labute approximate surface area is 199 Å². The minimum absolute atomic E-state index is 0.101. The third-order valence-corrected chi connectivity index (χ3v) is 5.11. The van der Waals surface area contributed by atoms with E-state index < -0.39 is 6.10 Å². The molecule has 33 heavy (non-hydrogen) atoms. The molecule has 2 heterocycles. The van der Waals surface area contributed by atoms with E-state index in [9.17, 15) is 9.59 Å². The molecule has 7 heteroatoms. The highest BCUT2D eigenvalue weighted by Gasteiger charge is 2.22. The molecular formula is C26H40N4O3. The van der Waals surface area contributed by atoms with E-state index in [-0.39, 0.29) is 11.8 Å². The fourth-order valence-corrected chi connectivity index (χ4v) is 3.17. The average molecular weight is 457 g/mol. The van der Waals surface area contributed by atoms with Crippen molar-refractivity contribution in [2.45, 2.75) is 46.6 Å². The van der Waals surface area contributed by atoms with Gasteiger partial charge in [0.2, 0.25) is 0 Å². The number of rotatable bonds is 6. The minimum atomic E-state index is -0.486. The number of likely N-dealkylation sites (N-methyl/N-ethyl adjacent to an activating group) is 1. The highest BCUT2D eigenvalue weighted by molar-refractivity contribution is 5.97. The molecule has 182 valence electrons. The number of ether oxygens (including phenoxy) is 1. The molecule has 0 spiro atoms. The largest absolute Gasteiger partial charge is 0.372 e. The Morgan fingerprint density at radius 1 is 1.09 bits per heavy atom. The van der Waals surface area contributed by atoms with Gasteiger partial charge in [0.05, 0.1) is 0 Å². The van der Waals surface area contributed by atoms with Crippen LogP contribution in [0.4, 0.5) is 5.69 Å². The van der Waals surface area contributed by atoms with Crippen molar-refractivity contribution >= 4 is 17.5 Å². The lowest BCUT2D eigenvalue weighted by Crippen LogP contribution is -2.47. The predicted molar refractivity (Wildman–Crippen MR) is 134 cm³/mol. The van der Waals surface area contributed by atoms with Gasteiger partial charge in [-0.2, -0.15) is 0 Å². The number of aryl methyl sites for hydroxylation is 1. The van der Waals surface area contributed by atoms with Crippen molar-refractivity contribution in [2.75, 3.05) is 45.7 Å². The van der Waals surface area contributed by atoms with Crippen molar-refractivity contribution in [1.29, 1.82) is 0 Å². The van der Waals surface area contributed by atoms with Crippen LogP contribution in [0.25, 0.3) is 0 Å². The maximum atomic E-state index is 12.5. The molecule has 1 saturated heterocycles. The summed E-state index contributed by atoms with van der Waals surface area (Å²) in [5, 5.41) is 2.80. The lowest BCUT2D eigenvalue weighted by molar-refractivity contribution is -0.126. The SMILES string of the molecule is CC.CCCC(OC)C(=O)Nc1ccnc(C(=O)N2CCN(C)CC2)c1.Cc1ccccc1. The Bertz CT molecular complexity index is 821. The summed E-state index contributed by atoms with van der Waals surface area (Å²) < 4.78 is 5.20. The zero-order chi connectivity index (χ0) is 24.6. The summed E-state index contributed by atoms with van der Waals surface area (Å²) >= 11 is 0. The molecule has 1 atom stereocenters. The van der Waals surface area contributed by atoms with Gasteiger partial charge in [-0.3, -0.25) is 14.6 Å². The van der Waals surface area contributed by atoms with Crippen molar-refractivity contribution in [3.63, 3.8) is 0 Å². The number of aromatic nitrogens is 1. The molecule has 1 aliphatic rings. The van der Waals surface area contributed by atoms with E-state index in [1.165, 1.54) is 12.7 Å². The number of benzene rings is 1. The molecule has 0 aliphatic carbocycles. The smallest absolute Gasteiger partial charge is 0.272 e. The third kappa shape index (κ3) is 10.1. The van der Waals surface area contributed by atoms with Crippen molar-refractivity contribution in [2.24, 2.45) is 0 Å². The number of amides is 2. The summed E-state index contributed by atoms with van der Waals surface area (Å²) in [6.07, 6.45) is 2.57. The molecule has 1 aromatic carbocycles. The van der Waals surface area contributed by atoms with Gasteiger partial charge in [0.15, 0.2) is 0 Å². The van der Waals surface area contributed by atoms with Crippen LogP contribution < -0.4 is 5.32 Å². The Morgan fingerprint density at radius 2 is 1.73 bits per heavy atom. The van der Waals surface area contributed by atoms with Gasteiger partial charge in [-0.1, -0.05) is 63.1 Å². The number of nitrogens with zero attached hydrogens (tertiary/aromatic N) is 3. The Hall–Kier alpha value is -2.77. The average Bonchev–Trinajstić information content (AvgIpc) is 2.85. The second-order valence-corrected chi connectivity index (χ2v) is 7.68. The number of carbonyl (C=O) groups excluding carboxylic acids is 2. The fourth-order valence-electron chi connectivity index (χ4n) is 3.17. The van der Waals surface area contributed by atoms with Crippen LogP contribution in [0.2, 0.25) is 0 Å². The lowest BCUT2D eigenvalue weighted by atomic mass is 10.2. The van der Waals surface area contributed by atoms with Gasteiger partial charge in [-0.05, 0) is 32.5 Å². The summed E-state index contributed by atoms with van der Waals surface area (Å²) in [7, 11) is 3.56. The van der Waals surface area contributed by atoms with Crippen LogP contribution in [0.3, 0.4) is 0 Å². The molecule has 0 bridgehead atoms. The summed E-state index contributed by atoms with van der Waals surface area (Å²) in [5.41, 5.74) is 2.23. The van der Waals surface area contributed by atoms with Crippen LogP contribution in [0.5, 0.6) is 0 Å². The van der Waals surface area contributed by atoms with Crippen molar-refractivity contribution in [1.82, 2.24) is 14.8 Å². The second kappa shape index (κ2) is 15.9. The summed E-state index contributed by atoms with van der Waals surface area (Å²) in [5.74, 6) is -0.306. The van der Waals surface area contributed by atoms with Gasteiger partial charge >= 0.3 is 0 Å². The number of methoxy groups -OCH3 is 1. The zero-order valence-electron chi connectivity index (χ0n) is 21.0. The van der Waals surface area contributed by atoms with E-state index in [0.29, 0.717) is 30.9 Å². The van der Waals surface area contributed by atoms with Crippen LogP contribution in [0.1, 0.15) is 49.7 Å². The molecule has 1 aliphatic heterocycles. The maximum absolute atomic E-state index is 12.5. The monoisotopic (exact) mass is 456 g/mol. The first-order valence-corrected chi connectivity index (χ1v) is 11.7. The maximum Gasteiger partial charge on any atom is 0.272 e. The summed E-state index contributed by atoms with van der Waals surface area (Å²) in [6, 6.07) is 13.6. The van der Waals surface area contributed by atoms with E-state index >= 15 is 0 Å². The van der Waals surface area contributed by atoms with E-state index in [1.807, 2.05) is 46.0 Å². The first-order valence-electron chi connectivity index (χ1n) is 11.7. The molecule has 1 unspecified atom stereocenters. The molecule has 0 saturated carbocycles. The van der Waals surface area contributed by atoms with Crippen molar-refractivity contribution < 1.29 is 14.3 Å². The van der Waals surface area contributed by atoms with E-state index in [1.54, 1.807) is 23.2 Å². The van der Waals surface area contributed by atoms with Gasteiger partial charge in [0, 0.05) is 45.2 Å². The van der Waals surface area contributed by atoms with E-state index in [2.05, 4.69) is 34.3 Å². The lowest BCUT2D eigenvalue weighted by Gasteiger charge is -2.32. The quantitative estimate of drug-likeness (QED) is 0.704. The standard InChI is InChI=1S/C17H26N4O3.C7H8.C2H6/c1-4-5-15(24-3)16(22)19-13-6-7-18-14(12-13)17(23)21-10-8-20(2)9-11-21;1-7-5-3-2-4-6-7;1-2/h6-7,12,15H,4-5,8-11H2,1-3H3,(H,18,19,22);2-6H,1H3;1-2H3. The van der Waals surface area contributed by atoms with Crippen LogP contribution in [-0.2, 0) is 9.53 Å². The number of anilines is 1. The van der Waals surface area contributed by atoms with E-state index in [0.717, 1.165) is 19.5 Å². The number of hydrogen-bond acceptors (Lipinski definition) is 5. The summed E-state index contributed by atoms with van der Waals surface area (Å²) in [6.45, 7) is 11.2. The minimum Gasteiger partial charge on any atom is -0.372 e. The molecule has 2 amide bonds. The predicted octanol–water partition coefficient (Wildman–Crippen LogP) is 4.24. The molecular weight excluding hydrogens is 416 g/mol. The van der Waals surface area contributed by atoms with Gasteiger partial charge in [0.25, 0.3) is 11.8 Å². The number of carbonyl (C=O) groups is 2. The normalized spacial score (nSPS) is 14.2. The molecule has 2 aromatic rings. The fraction of sp³-hybridized carbons (Fsp3) is 0.500. The van der Waals surface area contributed by atoms with Crippen molar-refractivity contribution in [3.8, 4) is 0 Å². The Morgan fingerprint density at radius 3 is 2.24 bits per heavy atom. The number of hydrogen-bond donors (Lipinski definition) is 1. The molecule has 1 fully saturated rings. The van der Waals surface area contributed by atoms with Crippen molar-refractivity contribution in [3.05, 3.63) is 59.9 Å². The first kappa shape index (κ1) is 28.3. The molecule has 7 nitrogen and oxygen atoms in total. The topological polar surface area (TPSA) is 74.8 Å². The van der Waals surface area contributed by atoms with Gasteiger partial charge in [0.1, 0.15) is 11.8 Å². The highest BCUT2D eigenvalue weighted by Crippen LogP contribution is 2.13. The molecule has 3 rings (SSSR count). The number of nitrogens with one attached hydrogen (secondary N) is 1. The molecule has 0 radical (unpaired) electrons. The van der Waals surface area contributed by atoms with Crippen LogP contribution in [-0.4, -0.2) is 73.0 Å². The first-order chi connectivity index (χ1) is 15.9. The Balaban J connectivity index is 0.000000508. The van der Waals surface area contributed by atoms with Gasteiger partial charge < -0.3 is 19.9 Å². The van der Waals surface area contributed by atoms with E-state index in [4.69, 9.17) is 4.74 Å². The third-order valence-electron chi connectivity index (χ3n) is 5.11. The van der Waals surface area contributed by atoms with Crippen LogP contribution in [0.15, 0.2) is 48.7 Å². The number of piperazine rings is 1. The number of pyridine rings is 1. The highest BCUT2D eigenvalue weighted by atomic mass is 16.5.